The molecule has 2 N–H and O–H groups in total. The van der Waals surface area contributed by atoms with Gasteiger partial charge in [0.05, 0.1) is 29.9 Å². The van der Waals surface area contributed by atoms with E-state index in [9.17, 15) is 4.79 Å². The fourth-order valence-corrected chi connectivity index (χ4v) is 2.45. The van der Waals surface area contributed by atoms with Crippen LogP contribution in [0.15, 0.2) is 47.1 Å². The van der Waals surface area contributed by atoms with Crippen LogP contribution in [0.2, 0.25) is 0 Å². The molecule has 0 saturated carbocycles. The van der Waals surface area contributed by atoms with E-state index in [1.807, 2.05) is 18.2 Å². The molecule has 0 bridgehead atoms. The van der Waals surface area contributed by atoms with Crippen LogP contribution in [0.4, 0.5) is 11.5 Å². The number of hydrogen-bond donors (Lipinski definition) is 2. The van der Waals surface area contributed by atoms with Crippen molar-refractivity contribution >= 4 is 44.4 Å². The SMILES string of the molecule is COc1cc(Nc2cnc3ccc(Br)cc3n2)cc(C(=O)O)c1. The first-order valence-electron chi connectivity index (χ1n) is 6.67. The van der Waals surface area contributed by atoms with Crippen LogP contribution in [0.25, 0.3) is 11.0 Å². The molecule has 0 aliphatic carbocycles. The van der Waals surface area contributed by atoms with Crippen molar-refractivity contribution in [1.82, 2.24) is 9.97 Å². The normalized spacial score (nSPS) is 10.5. The molecule has 0 unspecified atom stereocenters. The molecular weight excluding hydrogens is 362 g/mol. The minimum Gasteiger partial charge on any atom is -0.497 e. The standard InChI is InChI=1S/C16H12BrN3O3/c1-23-12-5-9(16(21)22)4-11(7-12)19-15-8-18-13-3-2-10(17)6-14(13)20-15/h2-8H,1H3,(H,19,20)(H,21,22). The van der Waals surface area contributed by atoms with Gasteiger partial charge in [0.25, 0.3) is 0 Å². The number of methoxy groups -OCH3 is 1. The summed E-state index contributed by atoms with van der Waals surface area (Å²) in [4.78, 5) is 20.0. The molecule has 1 aromatic heterocycles. The highest BCUT2D eigenvalue weighted by atomic mass is 79.9. The van der Waals surface area contributed by atoms with Crippen LogP contribution in [-0.4, -0.2) is 28.2 Å². The largest absolute Gasteiger partial charge is 0.497 e. The number of ether oxygens (including phenoxy) is 1. The van der Waals surface area contributed by atoms with Gasteiger partial charge in [0.1, 0.15) is 11.6 Å². The monoisotopic (exact) mass is 373 g/mol. The molecule has 23 heavy (non-hydrogen) atoms. The minimum absolute atomic E-state index is 0.128. The predicted molar refractivity (Wildman–Crippen MR) is 90.5 cm³/mol. The van der Waals surface area contributed by atoms with Crippen LogP contribution in [-0.2, 0) is 0 Å². The third-order valence-electron chi connectivity index (χ3n) is 3.17. The van der Waals surface area contributed by atoms with E-state index in [2.05, 4.69) is 31.2 Å². The molecule has 6 nitrogen and oxygen atoms in total. The van der Waals surface area contributed by atoms with Gasteiger partial charge in [-0.25, -0.2) is 9.78 Å². The molecule has 1 heterocycles. The minimum atomic E-state index is -1.03. The maximum atomic E-state index is 11.2. The Labute approximate surface area is 140 Å². The first-order chi connectivity index (χ1) is 11.0. The van der Waals surface area contributed by atoms with Crippen molar-refractivity contribution < 1.29 is 14.6 Å². The van der Waals surface area contributed by atoms with E-state index in [1.54, 1.807) is 12.3 Å². The van der Waals surface area contributed by atoms with Gasteiger partial charge in [-0.3, -0.25) is 4.98 Å². The number of fused-ring (bicyclic) bond motifs is 1. The van der Waals surface area contributed by atoms with E-state index < -0.39 is 5.97 Å². The van der Waals surface area contributed by atoms with Crippen molar-refractivity contribution in [1.29, 1.82) is 0 Å². The predicted octanol–water partition coefficient (Wildman–Crippen LogP) is 3.84. The number of carboxylic acids is 1. The summed E-state index contributed by atoms with van der Waals surface area (Å²) < 4.78 is 6.03. The van der Waals surface area contributed by atoms with E-state index in [-0.39, 0.29) is 5.56 Å². The Morgan fingerprint density at radius 2 is 2.04 bits per heavy atom. The number of rotatable bonds is 4. The molecule has 0 fully saturated rings. The Hall–Kier alpha value is -2.67. The van der Waals surface area contributed by atoms with E-state index >= 15 is 0 Å². The van der Waals surface area contributed by atoms with Crippen molar-refractivity contribution in [2.45, 2.75) is 0 Å². The number of carboxylic acid groups (broad SMARTS) is 1. The molecule has 0 amide bonds. The number of aromatic carboxylic acids is 1. The van der Waals surface area contributed by atoms with E-state index in [0.29, 0.717) is 17.3 Å². The number of carbonyl (C=O) groups is 1. The van der Waals surface area contributed by atoms with Crippen LogP contribution in [0.3, 0.4) is 0 Å². The second-order valence-corrected chi connectivity index (χ2v) is 5.68. The summed E-state index contributed by atoms with van der Waals surface area (Å²) in [6, 6.07) is 10.3. The molecule has 2 aromatic carbocycles. The van der Waals surface area contributed by atoms with Crippen LogP contribution < -0.4 is 10.1 Å². The van der Waals surface area contributed by atoms with Gasteiger partial charge < -0.3 is 15.2 Å². The average Bonchev–Trinajstić information content (AvgIpc) is 2.54. The number of nitrogens with one attached hydrogen (secondary N) is 1. The summed E-state index contributed by atoms with van der Waals surface area (Å²) in [6.45, 7) is 0. The molecule has 0 aliphatic heterocycles. The zero-order valence-electron chi connectivity index (χ0n) is 12.1. The van der Waals surface area contributed by atoms with E-state index in [1.165, 1.54) is 19.2 Å². The number of benzene rings is 2. The van der Waals surface area contributed by atoms with Gasteiger partial charge >= 0.3 is 5.97 Å². The average molecular weight is 374 g/mol. The van der Waals surface area contributed by atoms with Crippen molar-refractivity contribution in [3.63, 3.8) is 0 Å². The fraction of sp³-hybridized carbons (Fsp3) is 0.0625. The van der Waals surface area contributed by atoms with Crippen molar-refractivity contribution in [3.05, 3.63) is 52.6 Å². The molecule has 0 aliphatic rings. The van der Waals surface area contributed by atoms with Gasteiger partial charge in [-0.05, 0) is 30.3 Å². The maximum absolute atomic E-state index is 11.2. The lowest BCUT2D eigenvalue weighted by Crippen LogP contribution is -2.01. The lowest BCUT2D eigenvalue weighted by molar-refractivity contribution is 0.0696. The lowest BCUT2D eigenvalue weighted by Gasteiger charge is -2.09. The molecule has 7 heteroatoms. The molecule has 116 valence electrons. The Bertz CT molecular complexity index is 899. The van der Waals surface area contributed by atoms with Gasteiger partial charge in [-0.15, -0.1) is 0 Å². The third-order valence-corrected chi connectivity index (χ3v) is 3.66. The second kappa shape index (κ2) is 6.21. The zero-order valence-corrected chi connectivity index (χ0v) is 13.7. The van der Waals surface area contributed by atoms with Crippen molar-refractivity contribution in [2.75, 3.05) is 12.4 Å². The summed E-state index contributed by atoms with van der Waals surface area (Å²) in [5.41, 5.74) is 2.19. The third kappa shape index (κ3) is 3.40. The van der Waals surface area contributed by atoms with E-state index in [4.69, 9.17) is 9.84 Å². The topological polar surface area (TPSA) is 84.3 Å². The van der Waals surface area contributed by atoms with Crippen LogP contribution >= 0.6 is 15.9 Å². The number of halogens is 1. The molecule has 0 saturated heterocycles. The van der Waals surface area contributed by atoms with Crippen LogP contribution in [0.5, 0.6) is 5.75 Å². The Kier molecular flexibility index (Phi) is 4.12. The first kappa shape index (κ1) is 15.2. The summed E-state index contributed by atoms with van der Waals surface area (Å²) in [6.07, 6.45) is 1.59. The highest BCUT2D eigenvalue weighted by molar-refractivity contribution is 9.10. The fourth-order valence-electron chi connectivity index (χ4n) is 2.11. The highest BCUT2D eigenvalue weighted by Crippen LogP contribution is 2.24. The zero-order chi connectivity index (χ0) is 16.4. The van der Waals surface area contributed by atoms with E-state index in [0.717, 1.165) is 15.5 Å². The Balaban J connectivity index is 1.98. The first-order valence-corrected chi connectivity index (χ1v) is 7.46. The Morgan fingerprint density at radius 1 is 1.22 bits per heavy atom. The van der Waals surface area contributed by atoms with Gasteiger partial charge in [-0.2, -0.15) is 0 Å². The quantitative estimate of drug-likeness (QED) is 0.722. The summed E-state index contributed by atoms with van der Waals surface area (Å²) in [5.74, 6) is -0.0652. The number of anilines is 2. The number of aromatic nitrogens is 2. The summed E-state index contributed by atoms with van der Waals surface area (Å²) in [7, 11) is 1.48. The van der Waals surface area contributed by atoms with Crippen molar-refractivity contribution in [3.8, 4) is 5.75 Å². The maximum Gasteiger partial charge on any atom is 0.335 e. The van der Waals surface area contributed by atoms with Crippen molar-refractivity contribution in [2.24, 2.45) is 0 Å². The summed E-state index contributed by atoms with van der Waals surface area (Å²) >= 11 is 3.40. The van der Waals surface area contributed by atoms with Crippen LogP contribution in [0, 0.1) is 0 Å². The number of nitrogens with zero attached hydrogens (tertiary/aromatic N) is 2. The van der Waals surface area contributed by atoms with Gasteiger partial charge in [0, 0.05) is 16.2 Å². The molecule has 0 radical (unpaired) electrons. The molecule has 0 atom stereocenters. The smallest absolute Gasteiger partial charge is 0.335 e. The second-order valence-electron chi connectivity index (χ2n) is 4.77. The van der Waals surface area contributed by atoms with Gasteiger partial charge in [0.15, 0.2) is 0 Å². The molecular formula is C16H12BrN3O3. The highest BCUT2D eigenvalue weighted by Gasteiger charge is 2.09. The summed E-state index contributed by atoms with van der Waals surface area (Å²) in [5, 5.41) is 12.2. The van der Waals surface area contributed by atoms with Gasteiger partial charge in [-0.1, -0.05) is 15.9 Å². The Morgan fingerprint density at radius 3 is 2.78 bits per heavy atom. The lowest BCUT2D eigenvalue weighted by atomic mass is 10.2. The molecule has 0 spiro atoms. The molecule has 3 rings (SSSR count). The molecule has 3 aromatic rings. The van der Waals surface area contributed by atoms with Crippen LogP contribution in [0.1, 0.15) is 10.4 Å². The number of hydrogen-bond acceptors (Lipinski definition) is 5. The van der Waals surface area contributed by atoms with Gasteiger partial charge in [0.2, 0.25) is 0 Å².